The molecule has 2 aromatic carbocycles. The lowest BCUT2D eigenvalue weighted by atomic mass is 9.74. The summed E-state index contributed by atoms with van der Waals surface area (Å²) in [4.78, 5) is 12.7. The van der Waals surface area contributed by atoms with Gasteiger partial charge in [-0.3, -0.25) is 4.79 Å². The zero-order chi connectivity index (χ0) is 18.7. The highest BCUT2D eigenvalue weighted by Gasteiger charge is 2.36. The molecule has 0 saturated carbocycles. The van der Waals surface area contributed by atoms with Crippen LogP contribution in [-0.2, 0) is 14.9 Å². The third kappa shape index (κ3) is 3.76. The molecule has 4 rings (SSSR count). The molecule has 2 aliphatic rings. The summed E-state index contributed by atoms with van der Waals surface area (Å²) in [6.07, 6.45) is 0.845. The normalized spacial score (nSPS) is 20.7. The molecule has 0 radical (unpaired) electrons. The zero-order valence-corrected chi connectivity index (χ0v) is 14.9. The second-order valence-electron chi connectivity index (χ2n) is 6.98. The van der Waals surface area contributed by atoms with Gasteiger partial charge in [0, 0.05) is 25.2 Å². The molecule has 1 amide bonds. The van der Waals surface area contributed by atoms with Gasteiger partial charge < -0.3 is 19.5 Å². The van der Waals surface area contributed by atoms with E-state index in [2.05, 4.69) is 5.32 Å². The van der Waals surface area contributed by atoms with Crippen molar-refractivity contribution in [1.29, 1.82) is 0 Å². The average Bonchev–Trinajstić information content (AvgIpc) is 2.73. The SMILES string of the molecule is O=C(NCC1(c2ccc(F)cc2)CCOCC1)C1COc2ccccc2O1. The highest BCUT2D eigenvalue weighted by atomic mass is 19.1. The first-order valence-corrected chi connectivity index (χ1v) is 9.16. The Balaban J connectivity index is 1.45. The number of benzene rings is 2. The smallest absolute Gasteiger partial charge is 0.264 e. The number of rotatable bonds is 4. The van der Waals surface area contributed by atoms with Crippen LogP contribution in [0.3, 0.4) is 0 Å². The monoisotopic (exact) mass is 371 g/mol. The first-order valence-electron chi connectivity index (χ1n) is 9.16. The van der Waals surface area contributed by atoms with Crippen LogP contribution in [0.4, 0.5) is 4.39 Å². The molecule has 5 nitrogen and oxygen atoms in total. The number of amides is 1. The Labute approximate surface area is 157 Å². The van der Waals surface area contributed by atoms with Crippen molar-refractivity contribution < 1.29 is 23.4 Å². The van der Waals surface area contributed by atoms with Crippen molar-refractivity contribution in [2.24, 2.45) is 0 Å². The molecule has 0 spiro atoms. The lowest BCUT2D eigenvalue weighted by Crippen LogP contribution is -2.50. The molecule has 27 heavy (non-hydrogen) atoms. The van der Waals surface area contributed by atoms with Gasteiger partial charge in [-0.05, 0) is 42.7 Å². The zero-order valence-electron chi connectivity index (χ0n) is 14.9. The number of para-hydroxylation sites is 2. The Morgan fingerprint density at radius 1 is 1.07 bits per heavy atom. The number of hydrogen-bond donors (Lipinski definition) is 1. The molecule has 142 valence electrons. The maximum atomic E-state index is 13.3. The lowest BCUT2D eigenvalue weighted by molar-refractivity contribution is -0.130. The van der Waals surface area contributed by atoms with E-state index >= 15 is 0 Å². The van der Waals surface area contributed by atoms with Gasteiger partial charge in [0.1, 0.15) is 12.4 Å². The van der Waals surface area contributed by atoms with Crippen molar-refractivity contribution >= 4 is 5.91 Å². The summed E-state index contributed by atoms with van der Waals surface area (Å²) in [7, 11) is 0. The minimum atomic E-state index is -0.690. The topological polar surface area (TPSA) is 56.8 Å². The van der Waals surface area contributed by atoms with Gasteiger partial charge in [0.25, 0.3) is 5.91 Å². The number of carbonyl (C=O) groups is 1. The summed E-state index contributed by atoms with van der Waals surface area (Å²) >= 11 is 0. The summed E-state index contributed by atoms with van der Waals surface area (Å²) in [6.45, 7) is 1.85. The van der Waals surface area contributed by atoms with E-state index in [0.717, 1.165) is 18.4 Å². The molecule has 2 aromatic rings. The number of nitrogens with one attached hydrogen (secondary N) is 1. The van der Waals surface area contributed by atoms with E-state index in [-0.39, 0.29) is 23.7 Å². The Morgan fingerprint density at radius 3 is 2.52 bits per heavy atom. The van der Waals surface area contributed by atoms with Gasteiger partial charge >= 0.3 is 0 Å². The third-order valence-corrected chi connectivity index (χ3v) is 5.31. The molecule has 1 saturated heterocycles. The number of halogens is 1. The van der Waals surface area contributed by atoms with Gasteiger partial charge in [-0.25, -0.2) is 4.39 Å². The summed E-state index contributed by atoms with van der Waals surface area (Å²) < 4.78 is 30.2. The van der Waals surface area contributed by atoms with Crippen molar-refractivity contribution in [2.75, 3.05) is 26.4 Å². The molecule has 0 aliphatic carbocycles. The van der Waals surface area contributed by atoms with Crippen molar-refractivity contribution in [2.45, 2.75) is 24.4 Å². The molecular formula is C21H22FNO4. The summed E-state index contributed by atoms with van der Waals surface area (Å²) in [5.41, 5.74) is 0.744. The van der Waals surface area contributed by atoms with Crippen LogP contribution in [0.15, 0.2) is 48.5 Å². The van der Waals surface area contributed by atoms with E-state index in [1.807, 2.05) is 18.2 Å². The summed E-state index contributed by atoms with van der Waals surface area (Å²) in [5, 5.41) is 3.01. The lowest BCUT2D eigenvalue weighted by Gasteiger charge is -2.38. The fourth-order valence-electron chi connectivity index (χ4n) is 3.65. The van der Waals surface area contributed by atoms with E-state index in [0.29, 0.717) is 31.3 Å². The van der Waals surface area contributed by atoms with Gasteiger partial charge in [-0.2, -0.15) is 0 Å². The Kier molecular flexibility index (Phi) is 4.99. The number of carbonyl (C=O) groups excluding carboxylic acids is 1. The predicted molar refractivity (Wildman–Crippen MR) is 97.5 cm³/mol. The molecule has 1 unspecified atom stereocenters. The van der Waals surface area contributed by atoms with E-state index in [1.54, 1.807) is 18.2 Å². The second kappa shape index (κ2) is 7.56. The molecule has 1 N–H and O–H groups in total. The standard InChI is InChI=1S/C21H22FNO4/c22-16-7-5-15(6-8-16)21(9-11-25-12-10-21)14-23-20(24)19-13-26-17-3-1-2-4-18(17)27-19/h1-8,19H,9-14H2,(H,23,24). The van der Waals surface area contributed by atoms with Crippen LogP contribution in [0.2, 0.25) is 0 Å². The Morgan fingerprint density at radius 2 is 1.78 bits per heavy atom. The summed E-state index contributed by atoms with van der Waals surface area (Å²) in [6, 6.07) is 13.8. The fourth-order valence-corrected chi connectivity index (χ4v) is 3.65. The molecule has 0 aromatic heterocycles. The molecule has 0 bridgehead atoms. The first kappa shape index (κ1) is 17.8. The molecule has 1 atom stereocenters. The maximum absolute atomic E-state index is 13.3. The molecule has 2 aliphatic heterocycles. The van der Waals surface area contributed by atoms with Crippen LogP contribution in [-0.4, -0.2) is 38.4 Å². The number of fused-ring (bicyclic) bond motifs is 1. The van der Waals surface area contributed by atoms with E-state index < -0.39 is 6.10 Å². The van der Waals surface area contributed by atoms with Gasteiger partial charge in [-0.1, -0.05) is 24.3 Å². The van der Waals surface area contributed by atoms with Gasteiger partial charge in [0.15, 0.2) is 11.5 Å². The highest BCUT2D eigenvalue weighted by molar-refractivity contribution is 5.81. The largest absolute Gasteiger partial charge is 0.485 e. The predicted octanol–water partition coefficient (Wildman–Crippen LogP) is 2.83. The quantitative estimate of drug-likeness (QED) is 0.898. The highest BCUT2D eigenvalue weighted by Crippen LogP contribution is 2.35. The molecule has 2 heterocycles. The Bertz CT molecular complexity index is 802. The van der Waals surface area contributed by atoms with Crippen LogP contribution >= 0.6 is 0 Å². The van der Waals surface area contributed by atoms with Crippen molar-refractivity contribution in [3.05, 3.63) is 59.9 Å². The Hall–Kier alpha value is -2.60. The van der Waals surface area contributed by atoms with Crippen molar-refractivity contribution in [3.63, 3.8) is 0 Å². The van der Waals surface area contributed by atoms with Crippen LogP contribution in [0.25, 0.3) is 0 Å². The average molecular weight is 371 g/mol. The number of hydrogen-bond acceptors (Lipinski definition) is 4. The molecule has 1 fully saturated rings. The first-order chi connectivity index (χ1) is 13.2. The number of ether oxygens (including phenoxy) is 3. The molecular weight excluding hydrogens is 349 g/mol. The van der Waals surface area contributed by atoms with Crippen LogP contribution in [0.5, 0.6) is 11.5 Å². The van der Waals surface area contributed by atoms with E-state index in [1.165, 1.54) is 12.1 Å². The summed E-state index contributed by atoms with van der Waals surface area (Å²) in [5.74, 6) is 0.742. The van der Waals surface area contributed by atoms with Crippen molar-refractivity contribution in [1.82, 2.24) is 5.32 Å². The maximum Gasteiger partial charge on any atom is 0.264 e. The van der Waals surface area contributed by atoms with Gasteiger partial charge in [-0.15, -0.1) is 0 Å². The van der Waals surface area contributed by atoms with Gasteiger partial charge in [0.05, 0.1) is 0 Å². The van der Waals surface area contributed by atoms with Crippen LogP contribution in [0, 0.1) is 5.82 Å². The molecule has 6 heteroatoms. The van der Waals surface area contributed by atoms with Crippen LogP contribution in [0.1, 0.15) is 18.4 Å². The van der Waals surface area contributed by atoms with Crippen molar-refractivity contribution in [3.8, 4) is 11.5 Å². The van der Waals surface area contributed by atoms with Gasteiger partial charge in [0.2, 0.25) is 6.10 Å². The van der Waals surface area contributed by atoms with E-state index in [4.69, 9.17) is 14.2 Å². The second-order valence-corrected chi connectivity index (χ2v) is 6.98. The van der Waals surface area contributed by atoms with Crippen LogP contribution < -0.4 is 14.8 Å². The minimum absolute atomic E-state index is 0.176. The van der Waals surface area contributed by atoms with E-state index in [9.17, 15) is 9.18 Å². The fraction of sp³-hybridized carbons (Fsp3) is 0.381. The minimum Gasteiger partial charge on any atom is -0.485 e. The third-order valence-electron chi connectivity index (χ3n) is 5.31.